The molecule has 4 rings (SSSR count). The van der Waals surface area contributed by atoms with Crippen LogP contribution in [-0.4, -0.2) is 79.5 Å². The van der Waals surface area contributed by atoms with Crippen LogP contribution in [0.15, 0.2) is 29.2 Å². The third kappa shape index (κ3) is 5.84. The quantitative estimate of drug-likeness (QED) is 0.604. The number of nitrogens with zero attached hydrogens (tertiary/aromatic N) is 3. The molecule has 0 spiro atoms. The van der Waals surface area contributed by atoms with Gasteiger partial charge in [0.15, 0.2) is 0 Å². The number of carbonyl (C=O) groups excluding carboxylic acids is 1. The number of piperidine rings is 3. The zero-order valence-electron chi connectivity index (χ0n) is 19.5. The maximum Gasteiger partial charge on any atom is 0.409 e. The lowest BCUT2D eigenvalue weighted by atomic mass is 10.00. The van der Waals surface area contributed by atoms with Crippen LogP contribution in [-0.2, 0) is 14.8 Å². The fourth-order valence-corrected chi connectivity index (χ4v) is 7.52. The molecule has 0 aromatic heterocycles. The summed E-state index contributed by atoms with van der Waals surface area (Å²) in [6.45, 7) is 5.76. The molecule has 3 fully saturated rings. The van der Waals surface area contributed by atoms with Crippen LogP contribution in [0.25, 0.3) is 0 Å². The van der Waals surface area contributed by atoms with E-state index < -0.39 is 10.0 Å². The predicted octanol–water partition coefficient (Wildman–Crippen LogP) is 4.36. The molecule has 3 aliphatic rings. The van der Waals surface area contributed by atoms with E-state index in [1.165, 1.54) is 48.8 Å². The van der Waals surface area contributed by atoms with Gasteiger partial charge in [0, 0.05) is 30.2 Å². The fourth-order valence-electron chi connectivity index (χ4n) is 5.54. The molecule has 184 valence electrons. The van der Waals surface area contributed by atoms with Crippen molar-refractivity contribution in [2.24, 2.45) is 0 Å². The van der Waals surface area contributed by atoms with Gasteiger partial charge < -0.3 is 14.5 Å². The molecule has 3 aliphatic heterocycles. The Bertz CT molecular complexity index is 897. The van der Waals surface area contributed by atoms with E-state index in [1.54, 1.807) is 17.0 Å². The van der Waals surface area contributed by atoms with Gasteiger partial charge in [0.2, 0.25) is 10.0 Å². The van der Waals surface area contributed by atoms with E-state index in [0.29, 0.717) is 30.6 Å². The first kappa shape index (κ1) is 24.8. The summed E-state index contributed by atoms with van der Waals surface area (Å²) in [6.07, 6.45) is 7.90. The van der Waals surface area contributed by atoms with Crippen molar-refractivity contribution in [2.45, 2.75) is 81.3 Å². The zero-order valence-corrected chi connectivity index (χ0v) is 21.1. The van der Waals surface area contributed by atoms with Gasteiger partial charge in [-0.05, 0) is 82.8 Å². The minimum absolute atomic E-state index is 0.0854. The van der Waals surface area contributed by atoms with E-state index in [-0.39, 0.29) is 29.7 Å². The molecule has 1 amide bonds. The average Bonchev–Trinajstić information content (AvgIpc) is 2.83. The summed E-state index contributed by atoms with van der Waals surface area (Å²) in [6, 6.07) is 6.31. The van der Waals surface area contributed by atoms with Crippen molar-refractivity contribution in [1.29, 1.82) is 0 Å². The van der Waals surface area contributed by atoms with Gasteiger partial charge in [-0.2, -0.15) is 4.31 Å². The Labute approximate surface area is 203 Å². The SMILES string of the molecule is C[C@@H]1CCC[C@H](COC(=O)N2CCC(N3CCCCC3)CC2)N1S(=O)(=O)c1ccc(Cl)cc1. The number of hydrogen-bond donors (Lipinski definition) is 0. The summed E-state index contributed by atoms with van der Waals surface area (Å²) >= 11 is 5.94. The van der Waals surface area contributed by atoms with Crippen molar-refractivity contribution >= 4 is 27.7 Å². The van der Waals surface area contributed by atoms with E-state index >= 15 is 0 Å². The summed E-state index contributed by atoms with van der Waals surface area (Å²) < 4.78 is 34.0. The second-order valence-corrected chi connectivity index (χ2v) is 11.9. The minimum Gasteiger partial charge on any atom is -0.448 e. The van der Waals surface area contributed by atoms with Crippen LogP contribution in [0.2, 0.25) is 5.02 Å². The van der Waals surface area contributed by atoms with Crippen LogP contribution >= 0.6 is 11.6 Å². The number of halogens is 1. The summed E-state index contributed by atoms with van der Waals surface area (Å²) in [7, 11) is -3.71. The van der Waals surface area contributed by atoms with Crippen LogP contribution in [0, 0.1) is 0 Å². The van der Waals surface area contributed by atoms with Gasteiger partial charge in [0.1, 0.15) is 6.61 Å². The van der Waals surface area contributed by atoms with Crippen molar-refractivity contribution < 1.29 is 17.9 Å². The summed E-state index contributed by atoms with van der Waals surface area (Å²) in [5.41, 5.74) is 0. The first-order chi connectivity index (χ1) is 15.9. The lowest BCUT2D eigenvalue weighted by Crippen LogP contribution is -2.52. The van der Waals surface area contributed by atoms with Crippen molar-refractivity contribution in [3.63, 3.8) is 0 Å². The van der Waals surface area contributed by atoms with E-state index in [9.17, 15) is 13.2 Å². The third-order valence-electron chi connectivity index (χ3n) is 7.37. The number of sulfonamides is 1. The first-order valence-electron chi connectivity index (χ1n) is 12.3. The summed E-state index contributed by atoms with van der Waals surface area (Å²) in [4.78, 5) is 17.4. The Morgan fingerprint density at radius 1 is 0.970 bits per heavy atom. The maximum atomic E-state index is 13.4. The molecule has 0 saturated carbocycles. The number of rotatable bonds is 5. The molecule has 0 unspecified atom stereocenters. The topological polar surface area (TPSA) is 70.2 Å². The molecule has 0 bridgehead atoms. The highest BCUT2D eigenvalue weighted by Gasteiger charge is 2.39. The first-order valence-corrected chi connectivity index (χ1v) is 14.1. The van der Waals surface area contributed by atoms with Crippen LogP contribution in [0.5, 0.6) is 0 Å². The lowest BCUT2D eigenvalue weighted by molar-refractivity contribution is 0.0465. The Kier molecular flexibility index (Phi) is 8.20. The summed E-state index contributed by atoms with van der Waals surface area (Å²) in [5.74, 6) is 0. The second-order valence-electron chi connectivity index (χ2n) is 9.61. The standard InChI is InChI=1S/C24H36ClN3O4S/c1-19-6-5-7-22(28(19)33(30,31)23-10-8-20(25)9-11-23)18-32-24(29)27-16-12-21(13-17-27)26-14-3-2-4-15-26/h8-11,19,21-22H,2-7,12-18H2,1H3/t19-,22-/m1/s1. The van der Waals surface area contributed by atoms with E-state index in [2.05, 4.69) is 4.90 Å². The highest BCUT2D eigenvalue weighted by atomic mass is 35.5. The van der Waals surface area contributed by atoms with Gasteiger partial charge in [0.05, 0.1) is 10.9 Å². The van der Waals surface area contributed by atoms with E-state index in [1.807, 2.05) is 6.92 Å². The number of ether oxygens (including phenoxy) is 1. The second kappa shape index (κ2) is 10.9. The highest BCUT2D eigenvalue weighted by molar-refractivity contribution is 7.89. The molecular formula is C24H36ClN3O4S. The monoisotopic (exact) mass is 497 g/mol. The molecule has 0 aliphatic carbocycles. The predicted molar refractivity (Wildman–Crippen MR) is 129 cm³/mol. The molecule has 7 nitrogen and oxygen atoms in total. The smallest absolute Gasteiger partial charge is 0.409 e. The molecule has 3 saturated heterocycles. The van der Waals surface area contributed by atoms with Gasteiger partial charge >= 0.3 is 6.09 Å². The number of benzene rings is 1. The van der Waals surface area contributed by atoms with Gasteiger partial charge in [0.25, 0.3) is 0 Å². The number of hydrogen-bond acceptors (Lipinski definition) is 5. The Hall–Kier alpha value is -1.35. The van der Waals surface area contributed by atoms with Crippen LogP contribution < -0.4 is 0 Å². The molecule has 33 heavy (non-hydrogen) atoms. The van der Waals surface area contributed by atoms with Crippen LogP contribution in [0.1, 0.15) is 58.3 Å². The Balaban J connectivity index is 1.34. The van der Waals surface area contributed by atoms with Gasteiger partial charge in [-0.3, -0.25) is 0 Å². The normalized spacial score (nSPS) is 26.3. The molecule has 9 heteroatoms. The van der Waals surface area contributed by atoms with Crippen molar-refractivity contribution in [1.82, 2.24) is 14.1 Å². The van der Waals surface area contributed by atoms with Gasteiger partial charge in [-0.15, -0.1) is 0 Å². The summed E-state index contributed by atoms with van der Waals surface area (Å²) in [5, 5.41) is 0.496. The van der Waals surface area contributed by atoms with Crippen LogP contribution in [0.4, 0.5) is 4.79 Å². The number of carbonyl (C=O) groups is 1. The van der Waals surface area contributed by atoms with E-state index in [0.717, 1.165) is 25.7 Å². The molecule has 2 atom stereocenters. The van der Waals surface area contributed by atoms with Crippen molar-refractivity contribution in [2.75, 3.05) is 32.8 Å². The largest absolute Gasteiger partial charge is 0.448 e. The fraction of sp³-hybridized carbons (Fsp3) is 0.708. The maximum absolute atomic E-state index is 13.4. The third-order valence-corrected chi connectivity index (χ3v) is 9.70. The lowest BCUT2D eigenvalue weighted by Gasteiger charge is -2.41. The number of amides is 1. The van der Waals surface area contributed by atoms with Gasteiger partial charge in [-0.25, -0.2) is 13.2 Å². The molecule has 0 radical (unpaired) electrons. The highest BCUT2D eigenvalue weighted by Crippen LogP contribution is 2.31. The Morgan fingerprint density at radius 3 is 2.30 bits per heavy atom. The average molecular weight is 498 g/mol. The molecule has 1 aromatic rings. The molecule has 0 N–H and O–H groups in total. The Morgan fingerprint density at radius 2 is 1.64 bits per heavy atom. The molecule has 1 aromatic carbocycles. The van der Waals surface area contributed by atoms with Crippen molar-refractivity contribution in [3.8, 4) is 0 Å². The molecule has 3 heterocycles. The zero-order chi connectivity index (χ0) is 23.4. The van der Waals surface area contributed by atoms with Crippen molar-refractivity contribution in [3.05, 3.63) is 29.3 Å². The number of likely N-dealkylation sites (tertiary alicyclic amines) is 2. The van der Waals surface area contributed by atoms with E-state index in [4.69, 9.17) is 16.3 Å². The minimum atomic E-state index is -3.71. The van der Waals surface area contributed by atoms with Crippen LogP contribution in [0.3, 0.4) is 0 Å². The molecular weight excluding hydrogens is 462 g/mol. The van der Waals surface area contributed by atoms with Gasteiger partial charge in [-0.1, -0.05) is 24.4 Å².